The Kier molecular flexibility index (Phi) is 7.94. The normalized spacial score (nSPS) is 27.1. The highest BCUT2D eigenvalue weighted by atomic mass is 32.2. The van der Waals surface area contributed by atoms with Crippen LogP contribution in [0.25, 0.3) is 0 Å². The van der Waals surface area contributed by atoms with Gasteiger partial charge in [-0.1, -0.05) is 49.7 Å². The molecule has 2 saturated heterocycles. The van der Waals surface area contributed by atoms with Crippen LogP contribution >= 0.6 is 11.8 Å². The Hall–Kier alpha value is -3.50. The first-order valence-corrected chi connectivity index (χ1v) is 15.5. The Labute approximate surface area is 244 Å². The second-order valence-corrected chi connectivity index (χ2v) is 12.3. The molecular weight excluding hydrogens is 538 g/mol. The number of ether oxygens (including phenoxy) is 1. The van der Waals surface area contributed by atoms with E-state index in [1.165, 1.54) is 11.8 Å². The van der Waals surface area contributed by atoms with Gasteiger partial charge in [0, 0.05) is 35.8 Å². The van der Waals surface area contributed by atoms with Crippen LogP contribution in [0.5, 0.6) is 11.5 Å². The van der Waals surface area contributed by atoms with E-state index in [1.807, 2.05) is 67.3 Å². The number of carbonyl (C=O) groups excluding carboxylic acids is 3. The summed E-state index contributed by atoms with van der Waals surface area (Å²) in [5.74, 6) is 1.27. The smallest absolute Gasteiger partial charge is 0.326 e. The summed E-state index contributed by atoms with van der Waals surface area (Å²) >= 11 is 1.50. The van der Waals surface area contributed by atoms with Gasteiger partial charge in [-0.15, -0.1) is 0 Å². The number of aryl methyl sites for hydroxylation is 1. The molecule has 1 aliphatic carbocycles. The number of piperidine rings is 1. The first-order valence-electron chi connectivity index (χ1n) is 14.6. The van der Waals surface area contributed by atoms with Gasteiger partial charge in [0.05, 0.1) is 16.3 Å². The molecule has 10 heteroatoms. The molecule has 1 saturated carbocycles. The topological polar surface area (TPSA) is 112 Å². The Morgan fingerprint density at radius 2 is 1.78 bits per heavy atom. The maximum Gasteiger partial charge on any atom is 0.326 e. The molecule has 216 valence electrons. The minimum absolute atomic E-state index is 0.000990. The SMILES string of the molecule is CCC(=O)N[C@@H]1CCCC[C@H]1NC(=O)C1=C2NC(=O)N(c3ccc(Oc4ccccc4)cc3C)C3CCNC(S1)C23. The number of urea groups is 1. The van der Waals surface area contributed by atoms with Crippen LogP contribution in [-0.2, 0) is 9.59 Å². The highest BCUT2D eigenvalue weighted by molar-refractivity contribution is 8.04. The number of nitrogens with zero attached hydrogens (tertiary/aromatic N) is 1. The van der Waals surface area contributed by atoms with E-state index in [-0.39, 0.29) is 47.3 Å². The minimum Gasteiger partial charge on any atom is -0.457 e. The maximum absolute atomic E-state index is 13.7. The molecule has 6 rings (SSSR count). The molecule has 3 fully saturated rings. The van der Waals surface area contributed by atoms with E-state index in [1.54, 1.807) is 0 Å². The highest BCUT2D eigenvalue weighted by Crippen LogP contribution is 2.48. The van der Waals surface area contributed by atoms with Crippen molar-refractivity contribution in [2.75, 3.05) is 11.4 Å². The lowest BCUT2D eigenvalue weighted by atomic mass is 9.86. The van der Waals surface area contributed by atoms with Gasteiger partial charge in [0.25, 0.3) is 5.91 Å². The number of amides is 4. The van der Waals surface area contributed by atoms with Crippen molar-refractivity contribution >= 4 is 35.3 Å². The lowest BCUT2D eigenvalue weighted by Gasteiger charge is -2.46. The third-order valence-electron chi connectivity index (χ3n) is 8.50. The zero-order valence-corrected chi connectivity index (χ0v) is 24.3. The fourth-order valence-electron chi connectivity index (χ4n) is 6.51. The first-order chi connectivity index (χ1) is 19.9. The summed E-state index contributed by atoms with van der Waals surface area (Å²) in [6, 6.07) is 14.9. The van der Waals surface area contributed by atoms with E-state index >= 15 is 0 Å². The maximum atomic E-state index is 13.7. The molecule has 4 aliphatic rings. The summed E-state index contributed by atoms with van der Waals surface area (Å²) < 4.78 is 6.01. The lowest BCUT2D eigenvalue weighted by molar-refractivity contribution is -0.123. The van der Waals surface area contributed by atoms with Crippen LogP contribution in [0.4, 0.5) is 10.5 Å². The third-order valence-corrected chi connectivity index (χ3v) is 9.86. The van der Waals surface area contributed by atoms with Crippen molar-refractivity contribution < 1.29 is 19.1 Å². The predicted molar refractivity (Wildman–Crippen MR) is 160 cm³/mol. The van der Waals surface area contributed by atoms with Crippen molar-refractivity contribution in [2.45, 2.75) is 75.9 Å². The zero-order chi connectivity index (χ0) is 28.5. The van der Waals surface area contributed by atoms with Crippen LogP contribution in [0.15, 0.2) is 59.1 Å². The lowest BCUT2D eigenvalue weighted by Crippen LogP contribution is -2.62. The van der Waals surface area contributed by atoms with Crippen LogP contribution in [-0.4, -0.2) is 47.9 Å². The number of hydrogen-bond acceptors (Lipinski definition) is 6. The van der Waals surface area contributed by atoms with Crippen LogP contribution in [0.1, 0.15) is 51.0 Å². The van der Waals surface area contributed by atoms with Crippen molar-refractivity contribution in [1.82, 2.24) is 21.3 Å². The second kappa shape index (κ2) is 11.8. The summed E-state index contributed by atoms with van der Waals surface area (Å²) in [6.45, 7) is 4.58. The van der Waals surface area contributed by atoms with Crippen molar-refractivity contribution in [3.63, 3.8) is 0 Å². The quantitative estimate of drug-likeness (QED) is 0.386. The second-order valence-electron chi connectivity index (χ2n) is 11.2. The fraction of sp³-hybridized carbons (Fsp3) is 0.452. The van der Waals surface area contributed by atoms with E-state index in [9.17, 15) is 14.4 Å². The number of rotatable bonds is 7. The summed E-state index contributed by atoms with van der Waals surface area (Å²) in [4.78, 5) is 41.8. The largest absolute Gasteiger partial charge is 0.457 e. The predicted octanol–water partition coefficient (Wildman–Crippen LogP) is 4.53. The molecule has 41 heavy (non-hydrogen) atoms. The fourth-order valence-corrected chi connectivity index (χ4v) is 7.91. The Morgan fingerprint density at radius 1 is 1.02 bits per heavy atom. The molecule has 0 bridgehead atoms. The Bertz CT molecular complexity index is 1370. The summed E-state index contributed by atoms with van der Waals surface area (Å²) in [5, 5.41) is 13.0. The van der Waals surface area contributed by atoms with Gasteiger partial charge in [0.1, 0.15) is 11.5 Å². The molecule has 2 aromatic carbocycles. The van der Waals surface area contributed by atoms with E-state index in [4.69, 9.17) is 4.74 Å². The van der Waals surface area contributed by atoms with E-state index in [2.05, 4.69) is 21.3 Å². The number of thioether (sulfide) groups is 1. The van der Waals surface area contributed by atoms with Crippen molar-refractivity contribution in [3.8, 4) is 11.5 Å². The Balaban J connectivity index is 1.22. The number of hydrogen-bond donors (Lipinski definition) is 4. The summed E-state index contributed by atoms with van der Waals surface area (Å²) in [7, 11) is 0. The number of carbonyl (C=O) groups is 3. The van der Waals surface area contributed by atoms with Gasteiger partial charge < -0.3 is 26.0 Å². The molecule has 0 radical (unpaired) electrons. The summed E-state index contributed by atoms with van der Waals surface area (Å²) in [5.41, 5.74) is 2.49. The van der Waals surface area contributed by atoms with Gasteiger partial charge in [-0.05, 0) is 68.6 Å². The van der Waals surface area contributed by atoms with Crippen molar-refractivity contribution in [3.05, 3.63) is 64.7 Å². The van der Waals surface area contributed by atoms with Crippen LogP contribution in [0.2, 0.25) is 0 Å². The van der Waals surface area contributed by atoms with Crippen LogP contribution in [0.3, 0.4) is 0 Å². The number of anilines is 1. The van der Waals surface area contributed by atoms with E-state index in [0.717, 1.165) is 55.6 Å². The number of para-hydroxylation sites is 1. The molecular formula is C31H37N5O4S. The minimum atomic E-state index is -0.222. The van der Waals surface area contributed by atoms with Gasteiger partial charge in [0.2, 0.25) is 5.91 Å². The van der Waals surface area contributed by atoms with Gasteiger partial charge >= 0.3 is 6.03 Å². The highest BCUT2D eigenvalue weighted by Gasteiger charge is 2.52. The third kappa shape index (κ3) is 5.55. The molecule has 0 spiro atoms. The van der Waals surface area contributed by atoms with Gasteiger partial charge in [0.15, 0.2) is 0 Å². The first kappa shape index (κ1) is 27.7. The molecule has 4 N–H and O–H groups in total. The molecule has 3 unspecified atom stereocenters. The van der Waals surface area contributed by atoms with E-state index in [0.29, 0.717) is 22.8 Å². The van der Waals surface area contributed by atoms with E-state index < -0.39 is 0 Å². The monoisotopic (exact) mass is 575 g/mol. The average molecular weight is 576 g/mol. The van der Waals surface area contributed by atoms with Crippen molar-refractivity contribution in [1.29, 1.82) is 0 Å². The van der Waals surface area contributed by atoms with Crippen molar-refractivity contribution in [2.24, 2.45) is 5.92 Å². The van der Waals surface area contributed by atoms with Crippen LogP contribution < -0.4 is 30.9 Å². The average Bonchev–Trinajstić information content (AvgIpc) is 3.35. The molecule has 5 atom stereocenters. The Morgan fingerprint density at radius 3 is 2.51 bits per heavy atom. The van der Waals surface area contributed by atoms with Crippen LogP contribution in [0, 0.1) is 12.8 Å². The number of nitrogens with one attached hydrogen (secondary N) is 4. The van der Waals surface area contributed by atoms with Gasteiger partial charge in [-0.2, -0.15) is 0 Å². The van der Waals surface area contributed by atoms with Gasteiger partial charge in [-0.25, -0.2) is 4.79 Å². The molecule has 3 heterocycles. The zero-order valence-electron chi connectivity index (χ0n) is 23.4. The van der Waals surface area contributed by atoms with Gasteiger partial charge in [-0.3, -0.25) is 14.5 Å². The molecule has 0 aromatic heterocycles. The molecule has 4 amide bonds. The molecule has 2 aromatic rings. The standard InChI is InChI=1S/C31H37N5O4S/c1-3-25(37)33-21-11-7-8-12-22(21)34-29(38)28-27-26-24(15-16-32-30(26)41-28)36(31(39)35-27)23-14-13-20(17-18(23)2)40-19-9-5-4-6-10-19/h4-6,9-10,13-14,17,21-22,24,26,30,32H,3,7-8,11-12,15-16H2,1-2H3,(H,33,37)(H,34,38)(H,35,39)/t21-,22-,24?,26?,30?/m1/s1. The summed E-state index contributed by atoms with van der Waals surface area (Å²) in [6.07, 6.45) is 4.92. The molecule has 9 nitrogen and oxygen atoms in total. The number of benzene rings is 2. The molecule has 3 aliphatic heterocycles.